The lowest BCUT2D eigenvalue weighted by atomic mass is 10.1. The largest absolute Gasteiger partial charge is 0.334 e. The van der Waals surface area contributed by atoms with Crippen LogP contribution in [0, 0.1) is 0 Å². The zero-order valence-electron chi connectivity index (χ0n) is 14.0. The summed E-state index contributed by atoms with van der Waals surface area (Å²) in [6.07, 6.45) is 3.12. The van der Waals surface area contributed by atoms with Crippen LogP contribution in [0.5, 0.6) is 0 Å². The molecule has 27 heavy (non-hydrogen) atoms. The summed E-state index contributed by atoms with van der Waals surface area (Å²) in [4.78, 5) is 20.8. The number of anilines is 1. The number of halogens is 1. The Morgan fingerprint density at radius 2 is 1.81 bits per heavy atom. The second-order valence-electron chi connectivity index (χ2n) is 5.67. The molecule has 7 heteroatoms. The summed E-state index contributed by atoms with van der Waals surface area (Å²) in [7, 11) is 0. The van der Waals surface area contributed by atoms with Crippen LogP contribution in [0.25, 0.3) is 22.8 Å². The topological polar surface area (TPSA) is 80.9 Å². The summed E-state index contributed by atoms with van der Waals surface area (Å²) in [5.41, 5.74) is 2.44. The van der Waals surface area contributed by atoms with Gasteiger partial charge >= 0.3 is 0 Å². The molecule has 0 atom stereocenters. The van der Waals surface area contributed by atoms with Crippen LogP contribution in [0.3, 0.4) is 0 Å². The van der Waals surface area contributed by atoms with E-state index in [1.807, 2.05) is 24.3 Å². The highest BCUT2D eigenvalue weighted by molar-refractivity contribution is 6.30. The molecule has 0 bridgehead atoms. The number of aromatic nitrogens is 3. The third-order valence-electron chi connectivity index (χ3n) is 3.86. The summed E-state index contributed by atoms with van der Waals surface area (Å²) in [6.45, 7) is 0. The molecule has 0 aliphatic heterocycles. The fourth-order valence-corrected chi connectivity index (χ4v) is 2.65. The third kappa shape index (κ3) is 3.70. The molecule has 4 rings (SSSR count). The van der Waals surface area contributed by atoms with Gasteiger partial charge in [-0.15, -0.1) is 0 Å². The number of amides is 1. The molecular weight excluding hydrogens is 364 g/mol. The first-order valence-electron chi connectivity index (χ1n) is 8.11. The quantitative estimate of drug-likeness (QED) is 0.558. The minimum Gasteiger partial charge on any atom is -0.334 e. The monoisotopic (exact) mass is 376 g/mol. The minimum absolute atomic E-state index is 0.270. The van der Waals surface area contributed by atoms with Gasteiger partial charge in [-0.2, -0.15) is 4.98 Å². The number of pyridine rings is 1. The molecule has 6 nitrogen and oxygen atoms in total. The van der Waals surface area contributed by atoms with Gasteiger partial charge in [-0.05, 0) is 48.5 Å². The fraction of sp³-hybridized carbons (Fsp3) is 0. The summed E-state index contributed by atoms with van der Waals surface area (Å²) in [5, 5.41) is 7.51. The van der Waals surface area contributed by atoms with Crippen molar-refractivity contribution < 1.29 is 9.32 Å². The molecule has 2 aromatic heterocycles. The van der Waals surface area contributed by atoms with E-state index in [-0.39, 0.29) is 5.91 Å². The Hall–Kier alpha value is -3.51. The van der Waals surface area contributed by atoms with E-state index in [2.05, 4.69) is 20.4 Å². The summed E-state index contributed by atoms with van der Waals surface area (Å²) < 4.78 is 5.41. The van der Waals surface area contributed by atoms with Gasteiger partial charge in [0.25, 0.3) is 11.8 Å². The molecular formula is C20H13ClN4O2. The molecule has 0 saturated carbocycles. The van der Waals surface area contributed by atoms with E-state index in [1.165, 1.54) is 6.20 Å². The van der Waals surface area contributed by atoms with Crippen LogP contribution < -0.4 is 5.32 Å². The molecule has 0 unspecified atom stereocenters. The number of carbonyl (C=O) groups is 1. The predicted molar refractivity (Wildman–Crippen MR) is 102 cm³/mol. The number of nitrogens with one attached hydrogen (secondary N) is 1. The number of hydrogen-bond donors (Lipinski definition) is 1. The van der Waals surface area contributed by atoms with Gasteiger partial charge in [0.15, 0.2) is 0 Å². The van der Waals surface area contributed by atoms with Gasteiger partial charge in [-0.1, -0.05) is 28.9 Å². The third-order valence-corrected chi connectivity index (χ3v) is 4.11. The molecule has 0 spiro atoms. The predicted octanol–water partition coefficient (Wildman–Crippen LogP) is 4.70. The molecule has 0 saturated heterocycles. The van der Waals surface area contributed by atoms with E-state index in [1.54, 1.807) is 42.6 Å². The van der Waals surface area contributed by atoms with E-state index in [0.717, 1.165) is 5.56 Å². The van der Waals surface area contributed by atoms with Gasteiger partial charge in [-0.25, -0.2) is 0 Å². The second-order valence-corrected chi connectivity index (χ2v) is 6.11. The minimum atomic E-state index is -0.270. The van der Waals surface area contributed by atoms with Crippen molar-refractivity contribution in [1.82, 2.24) is 15.1 Å². The fourth-order valence-electron chi connectivity index (χ4n) is 2.52. The summed E-state index contributed by atoms with van der Waals surface area (Å²) in [6, 6.07) is 17.8. The number of para-hydroxylation sites is 1. The number of benzene rings is 2. The number of hydrogen-bond acceptors (Lipinski definition) is 5. The van der Waals surface area contributed by atoms with E-state index >= 15 is 0 Å². The van der Waals surface area contributed by atoms with Crippen LogP contribution in [0.1, 0.15) is 10.4 Å². The number of carbonyl (C=O) groups excluding carboxylic acids is 1. The lowest BCUT2D eigenvalue weighted by molar-refractivity contribution is 0.102. The van der Waals surface area contributed by atoms with E-state index in [0.29, 0.717) is 33.6 Å². The van der Waals surface area contributed by atoms with Crippen molar-refractivity contribution in [3.63, 3.8) is 0 Å². The molecule has 0 fully saturated rings. The Morgan fingerprint density at radius 1 is 1.00 bits per heavy atom. The van der Waals surface area contributed by atoms with Crippen molar-refractivity contribution >= 4 is 23.2 Å². The van der Waals surface area contributed by atoms with E-state index in [9.17, 15) is 4.79 Å². The van der Waals surface area contributed by atoms with Crippen molar-refractivity contribution in [3.05, 3.63) is 83.6 Å². The lowest BCUT2D eigenvalue weighted by Crippen LogP contribution is -2.12. The van der Waals surface area contributed by atoms with Crippen molar-refractivity contribution in [2.45, 2.75) is 0 Å². The Balaban J connectivity index is 1.63. The summed E-state index contributed by atoms with van der Waals surface area (Å²) in [5.74, 6) is 0.477. The molecule has 4 aromatic rings. The van der Waals surface area contributed by atoms with Crippen molar-refractivity contribution in [3.8, 4) is 22.8 Å². The molecule has 0 aliphatic carbocycles. The molecule has 132 valence electrons. The summed E-state index contributed by atoms with van der Waals surface area (Å²) >= 11 is 5.91. The van der Waals surface area contributed by atoms with Crippen LogP contribution in [0.4, 0.5) is 5.69 Å². The van der Waals surface area contributed by atoms with E-state index < -0.39 is 0 Å². The van der Waals surface area contributed by atoms with Crippen molar-refractivity contribution in [1.29, 1.82) is 0 Å². The SMILES string of the molecule is O=C(Nc1ccccc1-c1nc(-c2ccc(Cl)cc2)no1)c1cccnc1. The van der Waals surface area contributed by atoms with Crippen LogP contribution in [0.2, 0.25) is 5.02 Å². The maximum Gasteiger partial charge on any atom is 0.260 e. The van der Waals surface area contributed by atoms with Gasteiger partial charge in [0, 0.05) is 23.0 Å². The average Bonchev–Trinajstić information content (AvgIpc) is 3.19. The Bertz CT molecular complexity index is 1080. The first-order valence-corrected chi connectivity index (χ1v) is 8.49. The highest BCUT2D eigenvalue weighted by atomic mass is 35.5. The first kappa shape index (κ1) is 16.9. The zero-order valence-corrected chi connectivity index (χ0v) is 14.7. The zero-order chi connectivity index (χ0) is 18.6. The highest BCUT2D eigenvalue weighted by Crippen LogP contribution is 2.29. The van der Waals surface area contributed by atoms with Crippen molar-refractivity contribution in [2.24, 2.45) is 0 Å². The lowest BCUT2D eigenvalue weighted by Gasteiger charge is -2.08. The smallest absolute Gasteiger partial charge is 0.260 e. The maximum atomic E-state index is 12.4. The average molecular weight is 377 g/mol. The van der Waals surface area contributed by atoms with Gasteiger partial charge in [0.2, 0.25) is 5.82 Å². The first-order chi connectivity index (χ1) is 13.2. The normalized spacial score (nSPS) is 10.6. The van der Waals surface area contributed by atoms with E-state index in [4.69, 9.17) is 16.1 Å². The van der Waals surface area contributed by atoms with Crippen LogP contribution in [-0.2, 0) is 0 Å². The molecule has 0 aliphatic rings. The Kier molecular flexibility index (Phi) is 4.63. The van der Waals surface area contributed by atoms with Gasteiger partial charge < -0.3 is 9.84 Å². The number of nitrogens with zero attached hydrogens (tertiary/aromatic N) is 3. The van der Waals surface area contributed by atoms with Crippen LogP contribution >= 0.6 is 11.6 Å². The molecule has 2 aromatic carbocycles. The van der Waals surface area contributed by atoms with Crippen molar-refractivity contribution in [2.75, 3.05) is 5.32 Å². The molecule has 2 heterocycles. The molecule has 1 N–H and O–H groups in total. The van der Waals surface area contributed by atoms with Gasteiger partial charge in [0.1, 0.15) is 0 Å². The van der Waals surface area contributed by atoms with Gasteiger partial charge in [0.05, 0.1) is 16.8 Å². The molecule has 0 radical (unpaired) electrons. The van der Waals surface area contributed by atoms with Crippen LogP contribution in [-0.4, -0.2) is 21.0 Å². The highest BCUT2D eigenvalue weighted by Gasteiger charge is 2.16. The number of rotatable bonds is 4. The Labute approximate surface area is 159 Å². The standard InChI is InChI=1S/C20H13ClN4O2/c21-15-9-7-13(8-10-15)18-24-20(27-25-18)16-5-1-2-6-17(16)23-19(26)14-4-3-11-22-12-14/h1-12H,(H,23,26). The van der Waals surface area contributed by atoms with Gasteiger partial charge in [-0.3, -0.25) is 9.78 Å². The Morgan fingerprint density at radius 3 is 2.59 bits per heavy atom. The molecule has 1 amide bonds. The van der Waals surface area contributed by atoms with Crippen LogP contribution in [0.15, 0.2) is 77.6 Å². The second kappa shape index (κ2) is 7.39. The maximum absolute atomic E-state index is 12.4.